The number of para-hydroxylation sites is 5. The van der Waals surface area contributed by atoms with E-state index in [1.165, 1.54) is 63.8 Å². The van der Waals surface area contributed by atoms with Crippen molar-refractivity contribution in [1.29, 1.82) is 0 Å². The number of thiophene rings is 1. The maximum absolute atomic E-state index is 2.44. The van der Waals surface area contributed by atoms with E-state index in [0.717, 1.165) is 56.6 Å². The number of nitrogens with zero attached hydrogens (tertiary/aromatic N) is 4. The van der Waals surface area contributed by atoms with Gasteiger partial charge in [-0.2, -0.15) is 0 Å². The van der Waals surface area contributed by atoms with Gasteiger partial charge in [0.25, 0.3) is 0 Å². The molecule has 0 saturated carbocycles. The molecule has 3 aromatic heterocycles. The summed E-state index contributed by atoms with van der Waals surface area (Å²) in [5.41, 5.74) is 15.8. The average Bonchev–Trinajstić information content (AvgIpc) is 4.10. The maximum atomic E-state index is 2.44. The summed E-state index contributed by atoms with van der Waals surface area (Å²) in [6, 6.07) is 96.9. The normalized spacial score (nSPS) is 11.7. The predicted octanol–water partition coefficient (Wildman–Crippen LogP) is 18.9. The smallest absolute Gasteiger partial charge is 0.0562 e. The van der Waals surface area contributed by atoms with E-state index < -0.39 is 0 Å². The molecule has 14 rings (SSSR count). The van der Waals surface area contributed by atoms with Crippen molar-refractivity contribution in [2.75, 3.05) is 9.80 Å². The van der Waals surface area contributed by atoms with Crippen LogP contribution in [0.1, 0.15) is 0 Å². The molecule has 0 atom stereocenters. The second-order valence-electron chi connectivity index (χ2n) is 18.1. The van der Waals surface area contributed by atoms with E-state index in [2.05, 4.69) is 286 Å². The van der Waals surface area contributed by atoms with Gasteiger partial charge in [-0.25, -0.2) is 0 Å². The van der Waals surface area contributed by atoms with Gasteiger partial charge in [-0.1, -0.05) is 152 Å². The van der Waals surface area contributed by atoms with Crippen LogP contribution in [0.4, 0.5) is 34.1 Å². The van der Waals surface area contributed by atoms with Gasteiger partial charge in [-0.05, 0) is 126 Å². The van der Waals surface area contributed by atoms with Gasteiger partial charge < -0.3 is 18.9 Å². The summed E-state index contributed by atoms with van der Waals surface area (Å²) in [5, 5.41) is 7.63. The molecule has 0 aliphatic rings. The molecule has 4 nitrogen and oxygen atoms in total. The standard InChI is InChI=1S/C66H44N4S/c1-5-19-47(20-6-1)67(53-36-38-56-55-28-13-15-30-60(55)69(62(56)43-53)49-23-9-3-10-24-49)51-34-32-45(33-35-51)46-18-17-27-52(42-46)68(48-21-7-2-8-22-48)54-37-39-59-63(44-54)70(50-25-11-4-12-26-50)61-41-40-58-57-29-14-16-31-64(57)71-66(58)65(59)61/h1-44H. The molecule has 0 saturated heterocycles. The van der Waals surface area contributed by atoms with Gasteiger partial charge in [0.05, 0.1) is 22.1 Å². The highest BCUT2D eigenvalue weighted by Gasteiger charge is 2.22. The minimum Gasteiger partial charge on any atom is -0.310 e. The Morgan fingerprint density at radius 2 is 0.732 bits per heavy atom. The quantitative estimate of drug-likeness (QED) is 0.143. The van der Waals surface area contributed by atoms with Crippen molar-refractivity contribution in [2.45, 2.75) is 0 Å². The van der Waals surface area contributed by atoms with Crippen LogP contribution in [0.25, 0.3) is 86.3 Å². The van der Waals surface area contributed by atoms with Crippen molar-refractivity contribution >= 4 is 109 Å². The van der Waals surface area contributed by atoms with E-state index >= 15 is 0 Å². The van der Waals surface area contributed by atoms with Gasteiger partial charge in [0.2, 0.25) is 0 Å². The molecule has 0 aliphatic carbocycles. The summed E-state index contributed by atoms with van der Waals surface area (Å²) in [4.78, 5) is 4.75. The van der Waals surface area contributed by atoms with Gasteiger partial charge in [0.15, 0.2) is 0 Å². The number of benzene rings is 11. The third-order valence-corrected chi connectivity index (χ3v) is 15.3. The van der Waals surface area contributed by atoms with E-state index in [-0.39, 0.29) is 0 Å². The zero-order chi connectivity index (χ0) is 46.8. The van der Waals surface area contributed by atoms with E-state index in [1.807, 2.05) is 11.3 Å². The van der Waals surface area contributed by atoms with Gasteiger partial charge >= 0.3 is 0 Å². The lowest BCUT2D eigenvalue weighted by atomic mass is 10.0. The molecule has 11 aromatic carbocycles. The fourth-order valence-electron chi connectivity index (χ4n) is 10.9. The Hall–Kier alpha value is -9.16. The topological polar surface area (TPSA) is 16.3 Å². The van der Waals surface area contributed by atoms with E-state index in [1.54, 1.807) is 0 Å². The van der Waals surface area contributed by atoms with E-state index in [9.17, 15) is 0 Å². The highest BCUT2D eigenvalue weighted by molar-refractivity contribution is 7.26. The molecule has 0 amide bonds. The molecule has 0 N–H and O–H groups in total. The number of fused-ring (bicyclic) bond motifs is 10. The Balaban J connectivity index is 0.878. The van der Waals surface area contributed by atoms with Crippen molar-refractivity contribution in [1.82, 2.24) is 9.13 Å². The number of aromatic nitrogens is 2. The Labute approximate surface area is 415 Å². The van der Waals surface area contributed by atoms with Crippen LogP contribution in [0, 0.1) is 0 Å². The van der Waals surface area contributed by atoms with Crippen molar-refractivity contribution in [3.63, 3.8) is 0 Å². The first kappa shape index (κ1) is 40.9. The molecular weight excluding hydrogens is 881 g/mol. The molecule has 0 bridgehead atoms. The molecule has 3 heterocycles. The average molecular weight is 925 g/mol. The first-order valence-corrected chi connectivity index (χ1v) is 25.0. The Kier molecular flexibility index (Phi) is 9.68. The molecule has 14 aromatic rings. The fourth-order valence-corrected chi connectivity index (χ4v) is 12.2. The van der Waals surface area contributed by atoms with Crippen molar-refractivity contribution in [3.8, 4) is 22.5 Å². The lowest BCUT2D eigenvalue weighted by Crippen LogP contribution is -2.10. The zero-order valence-electron chi connectivity index (χ0n) is 38.6. The van der Waals surface area contributed by atoms with Crippen molar-refractivity contribution in [3.05, 3.63) is 267 Å². The Morgan fingerprint density at radius 3 is 1.41 bits per heavy atom. The molecule has 5 heteroatoms. The summed E-state index contributed by atoms with van der Waals surface area (Å²) < 4.78 is 7.47. The summed E-state index contributed by atoms with van der Waals surface area (Å²) in [7, 11) is 0. The second-order valence-corrected chi connectivity index (χ2v) is 19.2. The molecule has 0 spiro atoms. The number of hydrogen-bond acceptors (Lipinski definition) is 3. The molecule has 0 aliphatic heterocycles. The Bertz CT molecular complexity index is 4270. The van der Waals surface area contributed by atoms with Crippen LogP contribution in [-0.4, -0.2) is 9.13 Å². The summed E-state index contributed by atoms with van der Waals surface area (Å²) in [6.45, 7) is 0. The minimum absolute atomic E-state index is 1.08. The molecule has 0 unspecified atom stereocenters. The fraction of sp³-hybridized carbons (Fsp3) is 0. The van der Waals surface area contributed by atoms with Gasteiger partial charge in [0.1, 0.15) is 0 Å². The lowest BCUT2D eigenvalue weighted by molar-refractivity contribution is 1.18. The van der Waals surface area contributed by atoms with Crippen molar-refractivity contribution < 1.29 is 0 Å². The van der Waals surface area contributed by atoms with E-state index in [4.69, 9.17) is 0 Å². The highest BCUT2D eigenvalue weighted by atomic mass is 32.1. The second kappa shape index (κ2) is 16.8. The number of hydrogen-bond donors (Lipinski definition) is 0. The summed E-state index contributed by atoms with van der Waals surface area (Å²) in [6.07, 6.45) is 0. The van der Waals surface area contributed by atoms with E-state index in [0.29, 0.717) is 0 Å². The third kappa shape index (κ3) is 6.81. The summed E-state index contributed by atoms with van der Waals surface area (Å²) in [5.74, 6) is 0. The molecule has 334 valence electrons. The van der Waals surface area contributed by atoms with Crippen LogP contribution in [-0.2, 0) is 0 Å². The van der Waals surface area contributed by atoms with Gasteiger partial charge in [-0.3, -0.25) is 0 Å². The molecule has 0 radical (unpaired) electrons. The van der Waals surface area contributed by atoms with Crippen LogP contribution >= 0.6 is 11.3 Å². The molecule has 0 fully saturated rings. The van der Waals surface area contributed by atoms with Gasteiger partial charge in [0, 0.05) is 87.2 Å². The molecular formula is C66H44N4S. The summed E-state index contributed by atoms with van der Waals surface area (Å²) >= 11 is 1.89. The molecule has 71 heavy (non-hydrogen) atoms. The minimum atomic E-state index is 1.08. The predicted molar refractivity (Wildman–Crippen MR) is 303 cm³/mol. The first-order valence-electron chi connectivity index (χ1n) is 24.2. The third-order valence-electron chi connectivity index (χ3n) is 14.1. The number of anilines is 6. The SMILES string of the molecule is c1ccc(N(c2ccc(-c3cccc(N(c4ccccc4)c4ccc5c6c7sc8ccccc8c7ccc6n(-c6ccccc6)c5c4)c3)cc2)c2ccc3c4ccccc4n(-c4ccccc4)c3c2)cc1. The van der Waals surface area contributed by atoms with Crippen LogP contribution in [0.3, 0.4) is 0 Å². The van der Waals surface area contributed by atoms with Gasteiger partial charge in [-0.15, -0.1) is 11.3 Å². The highest BCUT2D eigenvalue weighted by Crippen LogP contribution is 2.46. The monoisotopic (exact) mass is 924 g/mol. The van der Waals surface area contributed by atoms with Crippen LogP contribution in [0.15, 0.2) is 267 Å². The lowest BCUT2D eigenvalue weighted by Gasteiger charge is -2.27. The zero-order valence-corrected chi connectivity index (χ0v) is 39.4. The Morgan fingerprint density at radius 1 is 0.268 bits per heavy atom. The first-order chi connectivity index (χ1) is 35.2. The van der Waals surface area contributed by atoms with Crippen molar-refractivity contribution in [2.24, 2.45) is 0 Å². The van der Waals surface area contributed by atoms with Crippen LogP contribution in [0.5, 0.6) is 0 Å². The number of rotatable bonds is 9. The maximum Gasteiger partial charge on any atom is 0.0562 e. The van der Waals surface area contributed by atoms with Crippen LogP contribution in [0.2, 0.25) is 0 Å². The van der Waals surface area contributed by atoms with Crippen LogP contribution < -0.4 is 9.80 Å². The largest absolute Gasteiger partial charge is 0.310 e.